The lowest BCUT2D eigenvalue weighted by molar-refractivity contribution is -0.201. The van der Waals surface area contributed by atoms with E-state index in [4.69, 9.17) is 18.9 Å². The van der Waals surface area contributed by atoms with Gasteiger partial charge in [-0.3, -0.25) is 4.90 Å². The van der Waals surface area contributed by atoms with E-state index in [1.807, 2.05) is 0 Å². The minimum atomic E-state index is -0.00839. The number of hydrogen-bond donors (Lipinski definition) is 0. The van der Waals surface area contributed by atoms with Crippen molar-refractivity contribution in [3.05, 3.63) is 60.2 Å². The van der Waals surface area contributed by atoms with Gasteiger partial charge in [-0.15, -0.1) is 0 Å². The summed E-state index contributed by atoms with van der Waals surface area (Å²) < 4.78 is 24.7. The minimum Gasteiger partial charge on any atom is -0.379 e. The molecule has 5 nitrogen and oxygen atoms in total. The smallest absolute Gasteiger partial charge is 0.157 e. The lowest BCUT2D eigenvalue weighted by Crippen LogP contribution is -2.47. The third-order valence-corrected chi connectivity index (χ3v) is 8.30. The van der Waals surface area contributed by atoms with Crippen LogP contribution in [-0.4, -0.2) is 62.3 Å². The molecule has 6 atom stereocenters. The Morgan fingerprint density at radius 3 is 2.29 bits per heavy atom. The number of benzene rings is 2. The molecule has 2 aromatic rings. The summed E-state index contributed by atoms with van der Waals surface area (Å²) >= 11 is 0. The Bertz CT molecular complexity index is 907. The average molecular weight is 464 g/mol. The van der Waals surface area contributed by atoms with Gasteiger partial charge in [-0.2, -0.15) is 0 Å². The zero-order valence-electron chi connectivity index (χ0n) is 20.0. The molecule has 182 valence electrons. The molecule has 2 bridgehead atoms. The molecule has 2 saturated carbocycles. The van der Waals surface area contributed by atoms with Crippen molar-refractivity contribution in [3.63, 3.8) is 0 Å². The molecule has 2 aliphatic carbocycles. The number of ether oxygens (including phenoxy) is 4. The van der Waals surface area contributed by atoms with Gasteiger partial charge in [0, 0.05) is 37.6 Å². The van der Waals surface area contributed by atoms with E-state index in [9.17, 15) is 0 Å². The van der Waals surface area contributed by atoms with Gasteiger partial charge in [0.1, 0.15) is 0 Å². The van der Waals surface area contributed by atoms with Gasteiger partial charge in [-0.05, 0) is 48.8 Å². The lowest BCUT2D eigenvalue weighted by Gasteiger charge is -2.35. The van der Waals surface area contributed by atoms with Crippen LogP contribution in [0, 0.1) is 11.8 Å². The largest absolute Gasteiger partial charge is 0.379 e. The summed E-state index contributed by atoms with van der Waals surface area (Å²) in [4.78, 5) is 2.65. The third-order valence-electron chi connectivity index (χ3n) is 8.30. The van der Waals surface area contributed by atoms with Crippen molar-refractivity contribution in [2.75, 3.05) is 32.9 Å². The molecular formula is C29H37NO4. The SMILES string of the molecule is c1ccc(-c2ccc(COC3CC4C(OC5CCCCO5)CC3C4N3CCOCC3)cc2)cc1. The highest BCUT2D eigenvalue weighted by Crippen LogP contribution is 2.51. The van der Waals surface area contributed by atoms with E-state index in [1.165, 1.54) is 23.1 Å². The topological polar surface area (TPSA) is 40.2 Å². The first-order valence-corrected chi connectivity index (χ1v) is 13.2. The van der Waals surface area contributed by atoms with Crippen LogP contribution in [0.3, 0.4) is 0 Å². The van der Waals surface area contributed by atoms with Crippen LogP contribution < -0.4 is 0 Å². The standard InChI is InChI=1S/C29H37NO4/c1-2-6-22(7-3-1)23-11-9-21(10-12-23)20-33-26-18-25-27(34-28-8-4-5-15-32-28)19-24(26)29(25)30-13-16-31-17-14-30/h1-3,6-7,9-12,24-29H,4-5,8,13-20H2. The lowest BCUT2D eigenvalue weighted by atomic mass is 9.94. The molecule has 6 rings (SSSR count). The zero-order valence-corrected chi connectivity index (χ0v) is 20.0. The maximum atomic E-state index is 6.58. The molecule has 0 spiro atoms. The molecule has 34 heavy (non-hydrogen) atoms. The van der Waals surface area contributed by atoms with E-state index in [2.05, 4.69) is 59.5 Å². The summed E-state index contributed by atoms with van der Waals surface area (Å²) in [6.45, 7) is 5.25. The van der Waals surface area contributed by atoms with Crippen LogP contribution in [0.2, 0.25) is 0 Å². The molecule has 0 aromatic heterocycles. The molecule has 0 N–H and O–H groups in total. The fraction of sp³-hybridized carbons (Fsp3) is 0.586. The number of hydrogen-bond acceptors (Lipinski definition) is 5. The Kier molecular flexibility index (Phi) is 6.99. The van der Waals surface area contributed by atoms with Crippen molar-refractivity contribution in [1.29, 1.82) is 0 Å². The summed E-state index contributed by atoms with van der Waals surface area (Å²) in [7, 11) is 0. The summed E-state index contributed by atoms with van der Waals surface area (Å²) in [6.07, 6.45) is 6.18. The molecule has 0 radical (unpaired) electrons. The summed E-state index contributed by atoms with van der Waals surface area (Å²) in [5.74, 6) is 1.05. The van der Waals surface area contributed by atoms with Gasteiger partial charge in [0.2, 0.25) is 0 Å². The van der Waals surface area contributed by atoms with Crippen molar-refractivity contribution in [2.24, 2.45) is 11.8 Å². The predicted molar refractivity (Wildman–Crippen MR) is 131 cm³/mol. The summed E-state index contributed by atoms with van der Waals surface area (Å²) in [5.41, 5.74) is 3.75. The van der Waals surface area contributed by atoms with E-state index in [-0.39, 0.29) is 6.29 Å². The molecule has 2 aliphatic heterocycles. The molecule has 2 saturated heterocycles. The van der Waals surface area contributed by atoms with E-state index in [1.54, 1.807) is 0 Å². The highest BCUT2D eigenvalue weighted by molar-refractivity contribution is 5.63. The fourth-order valence-corrected chi connectivity index (χ4v) is 6.63. The van der Waals surface area contributed by atoms with E-state index >= 15 is 0 Å². The first-order chi connectivity index (χ1) is 16.8. The Morgan fingerprint density at radius 1 is 0.794 bits per heavy atom. The zero-order chi connectivity index (χ0) is 22.7. The minimum absolute atomic E-state index is 0.00839. The summed E-state index contributed by atoms with van der Waals surface area (Å²) in [5, 5.41) is 0. The fourth-order valence-electron chi connectivity index (χ4n) is 6.63. The van der Waals surface area contributed by atoms with Gasteiger partial charge in [-0.1, -0.05) is 54.6 Å². The maximum Gasteiger partial charge on any atom is 0.157 e. The van der Waals surface area contributed by atoms with Gasteiger partial charge in [0.05, 0.1) is 32.0 Å². The molecule has 4 aliphatic rings. The predicted octanol–water partition coefficient (Wildman–Crippen LogP) is 4.89. The van der Waals surface area contributed by atoms with E-state index in [0.29, 0.717) is 36.7 Å². The van der Waals surface area contributed by atoms with Crippen molar-refractivity contribution in [3.8, 4) is 11.1 Å². The van der Waals surface area contributed by atoms with Crippen LogP contribution in [0.5, 0.6) is 0 Å². The van der Waals surface area contributed by atoms with Crippen LogP contribution >= 0.6 is 0 Å². The first-order valence-electron chi connectivity index (χ1n) is 13.2. The van der Waals surface area contributed by atoms with Gasteiger partial charge in [-0.25, -0.2) is 0 Å². The van der Waals surface area contributed by atoms with Crippen LogP contribution in [0.25, 0.3) is 11.1 Å². The second kappa shape index (κ2) is 10.5. The second-order valence-electron chi connectivity index (χ2n) is 10.3. The Labute approximate surface area is 203 Å². The molecular weight excluding hydrogens is 426 g/mol. The average Bonchev–Trinajstić information content (AvgIpc) is 3.44. The highest BCUT2D eigenvalue weighted by atomic mass is 16.7. The van der Waals surface area contributed by atoms with Crippen molar-refractivity contribution in [1.82, 2.24) is 4.90 Å². The number of fused-ring (bicyclic) bond motifs is 2. The number of rotatable bonds is 7. The van der Waals surface area contributed by atoms with Gasteiger partial charge < -0.3 is 18.9 Å². The molecule has 2 aromatic carbocycles. The van der Waals surface area contributed by atoms with Gasteiger partial charge >= 0.3 is 0 Å². The summed E-state index contributed by atoms with van der Waals surface area (Å²) in [6, 6.07) is 19.9. The monoisotopic (exact) mass is 463 g/mol. The third kappa shape index (κ3) is 4.82. The van der Waals surface area contributed by atoms with E-state index < -0.39 is 0 Å². The number of morpholine rings is 1. The van der Waals surface area contributed by atoms with Crippen LogP contribution in [-0.2, 0) is 25.6 Å². The van der Waals surface area contributed by atoms with Crippen molar-refractivity contribution >= 4 is 0 Å². The first kappa shape index (κ1) is 22.7. The van der Waals surface area contributed by atoms with Crippen molar-refractivity contribution in [2.45, 2.75) is 63.3 Å². The van der Waals surface area contributed by atoms with Crippen LogP contribution in [0.1, 0.15) is 37.7 Å². The van der Waals surface area contributed by atoms with Crippen LogP contribution in [0.4, 0.5) is 0 Å². The molecule has 0 amide bonds. The Morgan fingerprint density at radius 2 is 1.53 bits per heavy atom. The van der Waals surface area contributed by atoms with Gasteiger partial charge in [0.25, 0.3) is 0 Å². The second-order valence-corrected chi connectivity index (χ2v) is 10.3. The Balaban J connectivity index is 1.10. The highest BCUT2D eigenvalue weighted by Gasteiger charge is 2.56. The number of nitrogens with zero attached hydrogens (tertiary/aromatic N) is 1. The quantitative estimate of drug-likeness (QED) is 0.585. The normalized spacial score (nSPS) is 33.9. The maximum absolute atomic E-state index is 6.58. The van der Waals surface area contributed by atoms with Gasteiger partial charge in [0.15, 0.2) is 6.29 Å². The Hall–Kier alpha value is -1.76. The molecule has 6 unspecified atom stereocenters. The molecule has 2 heterocycles. The molecule has 5 heteroatoms. The van der Waals surface area contributed by atoms with Crippen molar-refractivity contribution < 1.29 is 18.9 Å². The molecule has 4 fully saturated rings. The van der Waals surface area contributed by atoms with E-state index in [0.717, 1.165) is 58.6 Å². The van der Waals surface area contributed by atoms with Crippen LogP contribution in [0.15, 0.2) is 54.6 Å².